The van der Waals surface area contributed by atoms with E-state index < -0.39 is 0 Å². The predicted octanol–water partition coefficient (Wildman–Crippen LogP) is 1.43. The maximum atomic E-state index is 10.0. The minimum atomic E-state index is 0.410. The molecular formula is C7H12N2O. The van der Waals surface area contributed by atoms with Crippen LogP contribution >= 0.6 is 0 Å². The van der Waals surface area contributed by atoms with Crippen LogP contribution in [-0.2, 0) is 4.79 Å². The highest BCUT2D eigenvalue weighted by molar-refractivity contribution is 6.27. The Morgan fingerprint density at radius 3 is 2.40 bits per heavy atom. The van der Waals surface area contributed by atoms with Gasteiger partial charge in [0.05, 0.1) is 5.71 Å². The van der Waals surface area contributed by atoms with Gasteiger partial charge in [-0.3, -0.25) is 4.79 Å². The molecule has 0 aromatic carbocycles. The summed E-state index contributed by atoms with van der Waals surface area (Å²) in [6, 6.07) is 0. The molecule has 3 heteroatoms. The first-order valence-corrected chi connectivity index (χ1v) is 3.23. The van der Waals surface area contributed by atoms with E-state index in [9.17, 15) is 4.79 Å². The van der Waals surface area contributed by atoms with Gasteiger partial charge in [0.25, 0.3) is 0 Å². The smallest absolute Gasteiger partial charge is 0.165 e. The summed E-state index contributed by atoms with van der Waals surface area (Å²) in [5.74, 6) is 0. The maximum absolute atomic E-state index is 10.0. The second-order valence-corrected chi connectivity index (χ2v) is 2.05. The zero-order valence-electron chi connectivity index (χ0n) is 6.59. The highest BCUT2D eigenvalue weighted by atomic mass is 16.1. The summed E-state index contributed by atoms with van der Waals surface area (Å²) in [5.41, 5.74) is 1.34. The van der Waals surface area contributed by atoms with E-state index in [1.165, 1.54) is 0 Å². The van der Waals surface area contributed by atoms with Gasteiger partial charge in [0.1, 0.15) is 0 Å². The number of rotatable bonds is 3. The summed E-state index contributed by atoms with van der Waals surface area (Å²) in [4.78, 5) is 10.0. The number of aldehydes is 1. The molecule has 0 heterocycles. The third-order valence-corrected chi connectivity index (χ3v) is 1.06. The number of nitrogens with zero attached hydrogens (tertiary/aromatic N) is 2. The molecule has 0 fully saturated rings. The van der Waals surface area contributed by atoms with Gasteiger partial charge < -0.3 is 0 Å². The first-order valence-electron chi connectivity index (χ1n) is 3.23. The topological polar surface area (TPSA) is 41.8 Å². The van der Waals surface area contributed by atoms with Gasteiger partial charge in [0.2, 0.25) is 0 Å². The van der Waals surface area contributed by atoms with E-state index >= 15 is 0 Å². The van der Waals surface area contributed by atoms with Gasteiger partial charge in [0.15, 0.2) is 6.29 Å². The van der Waals surface area contributed by atoms with Crippen molar-refractivity contribution >= 4 is 17.7 Å². The summed E-state index contributed by atoms with van der Waals surface area (Å²) < 4.78 is 0. The van der Waals surface area contributed by atoms with E-state index in [2.05, 4.69) is 10.2 Å². The molecule has 0 aliphatic carbocycles. The third kappa shape index (κ3) is 3.95. The number of carbonyl (C=O) groups excluding carboxylic acids is 1. The van der Waals surface area contributed by atoms with E-state index in [0.29, 0.717) is 12.0 Å². The molecule has 0 unspecified atom stereocenters. The Labute approximate surface area is 60.9 Å². The molecule has 0 amide bonds. The second-order valence-electron chi connectivity index (χ2n) is 2.05. The van der Waals surface area contributed by atoms with E-state index in [1.54, 1.807) is 6.92 Å². The zero-order valence-corrected chi connectivity index (χ0v) is 6.59. The van der Waals surface area contributed by atoms with Gasteiger partial charge in [-0.2, -0.15) is 10.2 Å². The van der Waals surface area contributed by atoms with Crippen molar-refractivity contribution < 1.29 is 4.79 Å². The molecule has 0 saturated carbocycles. The van der Waals surface area contributed by atoms with Crippen LogP contribution in [0.2, 0.25) is 0 Å². The minimum Gasteiger partial charge on any atom is -0.296 e. The molecule has 0 atom stereocenters. The highest BCUT2D eigenvalue weighted by Crippen LogP contribution is 1.85. The quantitative estimate of drug-likeness (QED) is 0.332. The van der Waals surface area contributed by atoms with Gasteiger partial charge in [-0.25, -0.2) is 0 Å². The van der Waals surface area contributed by atoms with Crippen LogP contribution in [-0.4, -0.2) is 17.7 Å². The van der Waals surface area contributed by atoms with Crippen molar-refractivity contribution in [2.45, 2.75) is 27.2 Å². The van der Waals surface area contributed by atoms with Crippen LogP contribution in [0, 0.1) is 0 Å². The first kappa shape index (κ1) is 9.01. The standard InChI is InChI=1S/C7H12N2O/c1-4-6(2)8-9-7(3)5-10/h5H,4H2,1-3H3/b8-6-,9-7+. The van der Waals surface area contributed by atoms with Crippen molar-refractivity contribution in [2.75, 3.05) is 0 Å². The molecule has 0 saturated heterocycles. The molecule has 10 heavy (non-hydrogen) atoms. The Morgan fingerprint density at radius 2 is 2.00 bits per heavy atom. The molecule has 0 aromatic heterocycles. The van der Waals surface area contributed by atoms with Crippen LogP contribution in [0.1, 0.15) is 27.2 Å². The average molecular weight is 140 g/mol. The molecule has 0 bridgehead atoms. The normalized spacial score (nSPS) is 13.5. The van der Waals surface area contributed by atoms with Crippen molar-refractivity contribution in [2.24, 2.45) is 10.2 Å². The van der Waals surface area contributed by atoms with Crippen LogP contribution in [0.25, 0.3) is 0 Å². The lowest BCUT2D eigenvalue weighted by molar-refractivity contribution is -0.102. The van der Waals surface area contributed by atoms with Crippen molar-refractivity contribution in [3.63, 3.8) is 0 Å². The molecule has 3 nitrogen and oxygen atoms in total. The Kier molecular flexibility index (Phi) is 4.37. The Morgan fingerprint density at radius 1 is 1.40 bits per heavy atom. The molecule has 0 N–H and O–H groups in total. The van der Waals surface area contributed by atoms with Gasteiger partial charge in [0, 0.05) is 5.71 Å². The molecule has 0 aliphatic heterocycles. The van der Waals surface area contributed by atoms with Gasteiger partial charge in [-0.15, -0.1) is 0 Å². The molecule has 0 rings (SSSR count). The van der Waals surface area contributed by atoms with Gasteiger partial charge >= 0.3 is 0 Å². The Bertz CT molecular complexity index is 170. The van der Waals surface area contributed by atoms with Crippen LogP contribution in [0.15, 0.2) is 10.2 Å². The third-order valence-electron chi connectivity index (χ3n) is 1.06. The van der Waals surface area contributed by atoms with Crippen LogP contribution in [0.5, 0.6) is 0 Å². The summed E-state index contributed by atoms with van der Waals surface area (Å²) in [7, 11) is 0. The second kappa shape index (κ2) is 4.85. The summed E-state index contributed by atoms with van der Waals surface area (Å²) in [5, 5.41) is 7.44. The van der Waals surface area contributed by atoms with Crippen molar-refractivity contribution in [1.29, 1.82) is 0 Å². The van der Waals surface area contributed by atoms with Crippen molar-refractivity contribution in [1.82, 2.24) is 0 Å². The van der Waals surface area contributed by atoms with Crippen LogP contribution in [0.4, 0.5) is 0 Å². The molecule has 56 valence electrons. The fraction of sp³-hybridized carbons (Fsp3) is 0.571. The van der Waals surface area contributed by atoms with Gasteiger partial charge in [-0.1, -0.05) is 6.92 Å². The largest absolute Gasteiger partial charge is 0.296 e. The fourth-order valence-electron chi connectivity index (χ4n) is 0.259. The number of hydrogen-bond donors (Lipinski definition) is 0. The monoisotopic (exact) mass is 140 g/mol. The summed E-state index contributed by atoms with van der Waals surface area (Å²) in [6.07, 6.45) is 1.56. The molecule has 0 radical (unpaired) electrons. The first-order chi connectivity index (χ1) is 4.70. The molecule has 0 aliphatic rings. The van der Waals surface area contributed by atoms with E-state index in [1.807, 2.05) is 13.8 Å². The highest BCUT2D eigenvalue weighted by Gasteiger charge is 1.84. The van der Waals surface area contributed by atoms with E-state index in [-0.39, 0.29) is 0 Å². The SMILES string of the molecule is CC/C(C)=N\N=C(/C)C=O. The summed E-state index contributed by atoms with van der Waals surface area (Å²) in [6.45, 7) is 5.49. The summed E-state index contributed by atoms with van der Waals surface area (Å²) >= 11 is 0. The predicted molar refractivity (Wildman–Crippen MR) is 42.6 cm³/mol. The van der Waals surface area contributed by atoms with E-state index in [4.69, 9.17) is 0 Å². The van der Waals surface area contributed by atoms with Crippen molar-refractivity contribution in [3.8, 4) is 0 Å². The van der Waals surface area contributed by atoms with Gasteiger partial charge in [-0.05, 0) is 20.3 Å². The minimum absolute atomic E-state index is 0.410. The lowest BCUT2D eigenvalue weighted by Crippen LogP contribution is -1.91. The van der Waals surface area contributed by atoms with E-state index in [0.717, 1.165) is 12.1 Å². The lowest BCUT2D eigenvalue weighted by Gasteiger charge is -1.87. The molecule has 0 spiro atoms. The Balaban J connectivity index is 4.03. The average Bonchev–Trinajstić information content (AvgIpc) is 1.99. The molecule has 0 aromatic rings. The number of carbonyl (C=O) groups is 1. The Hall–Kier alpha value is -0.990. The number of hydrogen-bond acceptors (Lipinski definition) is 3. The van der Waals surface area contributed by atoms with Crippen molar-refractivity contribution in [3.05, 3.63) is 0 Å². The zero-order chi connectivity index (χ0) is 7.98. The maximum Gasteiger partial charge on any atom is 0.165 e. The van der Waals surface area contributed by atoms with Crippen LogP contribution < -0.4 is 0 Å². The fourth-order valence-corrected chi connectivity index (χ4v) is 0.259. The molecular weight excluding hydrogens is 128 g/mol. The lowest BCUT2D eigenvalue weighted by atomic mass is 10.3. The van der Waals surface area contributed by atoms with Crippen LogP contribution in [0.3, 0.4) is 0 Å².